The second-order valence-electron chi connectivity index (χ2n) is 6.83. The summed E-state index contributed by atoms with van der Waals surface area (Å²) in [4.78, 5) is 36.1. The summed E-state index contributed by atoms with van der Waals surface area (Å²) in [6, 6.07) is -2.54. The molecule has 0 fully saturated rings. The summed E-state index contributed by atoms with van der Waals surface area (Å²) in [5.74, 6) is -2.43. The molecule has 7 N–H and O–H groups in total. The molecule has 4 atom stereocenters. The smallest absolute Gasteiger partial charge is 0.326 e. The molecule has 0 spiro atoms. The Bertz CT molecular complexity index is 442. The molecule has 8 heteroatoms. The topological polar surface area (TPSA) is 148 Å². The van der Waals surface area contributed by atoms with Crippen molar-refractivity contribution in [3.8, 4) is 0 Å². The molecule has 8 nitrogen and oxygen atoms in total. The number of carbonyl (C=O) groups excluding carboxylic acids is 2. The SMILES string of the molecule is CC[C@H](C)[C@H](NC(=O)[C@@H](N)CCCCN)C(=O)N[C@H](C(=O)O)C(C)C. The van der Waals surface area contributed by atoms with Gasteiger partial charge in [-0.15, -0.1) is 0 Å². The first kappa shape index (κ1) is 23.3. The number of aliphatic carboxylic acids is 1. The van der Waals surface area contributed by atoms with Crippen molar-refractivity contribution in [2.24, 2.45) is 23.3 Å². The molecule has 0 aromatic heterocycles. The molecule has 0 aromatic carbocycles. The Balaban J connectivity index is 4.97. The number of carboxylic acids is 1. The molecular weight excluding hydrogens is 324 g/mol. The largest absolute Gasteiger partial charge is 0.480 e. The summed E-state index contributed by atoms with van der Waals surface area (Å²) in [7, 11) is 0. The number of hydrogen-bond acceptors (Lipinski definition) is 5. The number of hydrogen-bond donors (Lipinski definition) is 5. The fourth-order valence-electron chi connectivity index (χ4n) is 2.36. The van der Waals surface area contributed by atoms with Crippen LogP contribution in [-0.2, 0) is 14.4 Å². The molecule has 0 aliphatic rings. The van der Waals surface area contributed by atoms with E-state index in [1.54, 1.807) is 13.8 Å². The van der Waals surface area contributed by atoms with E-state index in [0.717, 1.165) is 12.8 Å². The van der Waals surface area contributed by atoms with E-state index in [1.165, 1.54) is 0 Å². The van der Waals surface area contributed by atoms with Crippen molar-refractivity contribution in [2.75, 3.05) is 6.54 Å². The molecule has 0 aliphatic carbocycles. The number of carboxylic acid groups (broad SMARTS) is 1. The highest BCUT2D eigenvalue weighted by Gasteiger charge is 2.31. The molecule has 0 radical (unpaired) electrons. The van der Waals surface area contributed by atoms with E-state index in [4.69, 9.17) is 11.5 Å². The van der Waals surface area contributed by atoms with Gasteiger partial charge in [0.25, 0.3) is 0 Å². The molecule has 146 valence electrons. The van der Waals surface area contributed by atoms with Crippen LogP contribution in [-0.4, -0.2) is 47.6 Å². The van der Waals surface area contributed by atoms with Gasteiger partial charge in [0.05, 0.1) is 6.04 Å². The van der Waals surface area contributed by atoms with E-state index < -0.39 is 35.9 Å². The molecule has 0 aromatic rings. The van der Waals surface area contributed by atoms with Crippen LogP contribution >= 0.6 is 0 Å². The molecule has 0 saturated carbocycles. The average molecular weight is 358 g/mol. The number of carbonyl (C=O) groups is 3. The van der Waals surface area contributed by atoms with Gasteiger partial charge in [0.2, 0.25) is 11.8 Å². The number of nitrogens with two attached hydrogens (primary N) is 2. The van der Waals surface area contributed by atoms with Gasteiger partial charge in [-0.2, -0.15) is 0 Å². The molecule has 25 heavy (non-hydrogen) atoms. The lowest BCUT2D eigenvalue weighted by Gasteiger charge is -2.27. The molecule has 0 rings (SSSR count). The van der Waals surface area contributed by atoms with Crippen molar-refractivity contribution < 1.29 is 19.5 Å². The van der Waals surface area contributed by atoms with Gasteiger partial charge in [-0.3, -0.25) is 9.59 Å². The monoisotopic (exact) mass is 358 g/mol. The quantitative estimate of drug-likeness (QED) is 0.315. The maximum Gasteiger partial charge on any atom is 0.326 e. The first-order chi connectivity index (χ1) is 11.6. The third-order valence-electron chi connectivity index (χ3n) is 4.33. The van der Waals surface area contributed by atoms with Gasteiger partial charge in [-0.25, -0.2) is 4.79 Å². The molecule has 0 unspecified atom stereocenters. The zero-order valence-corrected chi connectivity index (χ0v) is 15.7. The van der Waals surface area contributed by atoms with Crippen molar-refractivity contribution in [1.29, 1.82) is 0 Å². The van der Waals surface area contributed by atoms with Crippen LogP contribution in [0.2, 0.25) is 0 Å². The Kier molecular flexibility index (Phi) is 11.0. The molecule has 2 amide bonds. The fourth-order valence-corrected chi connectivity index (χ4v) is 2.36. The van der Waals surface area contributed by atoms with Crippen LogP contribution in [0.1, 0.15) is 53.4 Å². The predicted octanol–water partition coefficient (Wildman–Crippen LogP) is 0.199. The van der Waals surface area contributed by atoms with Gasteiger partial charge in [-0.05, 0) is 31.2 Å². The van der Waals surface area contributed by atoms with Crippen LogP contribution in [0.3, 0.4) is 0 Å². The minimum atomic E-state index is -1.10. The van der Waals surface area contributed by atoms with Gasteiger partial charge in [0.15, 0.2) is 0 Å². The van der Waals surface area contributed by atoms with Gasteiger partial charge in [0.1, 0.15) is 12.1 Å². The first-order valence-electron chi connectivity index (χ1n) is 8.94. The van der Waals surface area contributed by atoms with Crippen molar-refractivity contribution in [3.63, 3.8) is 0 Å². The predicted molar refractivity (Wildman–Crippen MR) is 96.7 cm³/mol. The Morgan fingerprint density at radius 1 is 1.00 bits per heavy atom. The summed E-state index contributed by atoms with van der Waals surface area (Å²) < 4.78 is 0. The zero-order chi connectivity index (χ0) is 19.6. The van der Waals surface area contributed by atoms with Crippen LogP contribution in [0.25, 0.3) is 0 Å². The van der Waals surface area contributed by atoms with E-state index in [9.17, 15) is 19.5 Å². The second-order valence-corrected chi connectivity index (χ2v) is 6.83. The van der Waals surface area contributed by atoms with Crippen LogP contribution in [0.4, 0.5) is 0 Å². The maximum atomic E-state index is 12.5. The van der Waals surface area contributed by atoms with Gasteiger partial charge < -0.3 is 27.2 Å². The van der Waals surface area contributed by atoms with Crippen LogP contribution in [0.5, 0.6) is 0 Å². The third kappa shape index (κ3) is 8.31. The van der Waals surface area contributed by atoms with E-state index in [0.29, 0.717) is 19.4 Å². The highest BCUT2D eigenvalue weighted by molar-refractivity contribution is 5.92. The van der Waals surface area contributed by atoms with E-state index >= 15 is 0 Å². The number of nitrogens with one attached hydrogen (secondary N) is 2. The van der Waals surface area contributed by atoms with Gasteiger partial charge >= 0.3 is 5.97 Å². The highest BCUT2D eigenvalue weighted by atomic mass is 16.4. The van der Waals surface area contributed by atoms with E-state index in [-0.39, 0.29) is 11.8 Å². The summed E-state index contributed by atoms with van der Waals surface area (Å²) in [5.41, 5.74) is 11.3. The highest BCUT2D eigenvalue weighted by Crippen LogP contribution is 2.11. The second kappa shape index (κ2) is 11.8. The minimum Gasteiger partial charge on any atom is -0.480 e. The zero-order valence-electron chi connectivity index (χ0n) is 15.7. The normalized spacial score (nSPS) is 16.0. The van der Waals surface area contributed by atoms with Gasteiger partial charge in [-0.1, -0.05) is 40.5 Å². The Labute approximate surface area is 150 Å². The van der Waals surface area contributed by atoms with Crippen LogP contribution in [0, 0.1) is 11.8 Å². The Hall–Kier alpha value is -1.67. The Morgan fingerprint density at radius 3 is 2.00 bits per heavy atom. The number of unbranched alkanes of at least 4 members (excludes halogenated alkanes) is 1. The van der Waals surface area contributed by atoms with Gasteiger partial charge in [0, 0.05) is 0 Å². The standard InChI is InChI=1S/C17H34N4O4/c1-5-11(4)14(16(23)20-13(10(2)3)17(24)25)21-15(22)12(19)8-6-7-9-18/h10-14H,5-9,18-19H2,1-4H3,(H,20,23)(H,21,22)(H,24,25)/t11-,12-,13-,14-/m0/s1. The lowest BCUT2D eigenvalue weighted by atomic mass is 9.96. The van der Waals surface area contributed by atoms with Crippen molar-refractivity contribution >= 4 is 17.8 Å². The summed E-state index contributed by atoms with van der Waals surface area (Å²) in [6.07, 6.45) is 2.66. The first-order valence-corrected chi connectivity index (χ1v) is 8.94. The fraction of sp³-hybridized carbons (Fsp3) is 0.824. The molecular formula is C17H34N4O4. The van der Waals surface area contributed by atoms with E-state index in [1.807, 2.05) is 13.8 Å². The van der Waals surface area contributed by atoms with Crippen molar-refractivity contribution in [3.05, 3.63) is 0 Å². The van der Waals surface area contributed by atoms with Crippen molar-refractivity contribution in [1.82, 2.24) is 10.6 Å². The molecule has 0 aliphatic heterocycles. The number of rotatable bonds is 12. The lowest BCUT2D eigenvalue weighted by Crippen LogP contribution is -2.57. The molecule has 0 heterocycles. The molecule has 0 saturated heterocycles. The summed E-state index contributed by atoms with van der Waals surface area (Å²) >= 11 is 0. The Morgan fingerprint density at radius 2 is 1.56 bits per heavy atom. The number of amides is 2. The minimum absolute atomic E-state index is 0.151. The van der Waals surface area contributed by atoms with E-state index in [2.05, 4.69) is 10.6 Å². The average Bonchev–Trinajstić information content (AvgIpc) is 2.55. The summed E-state index contributed by atoms with van der Waals surface area (Å²) in [5, 5.41) is 14.4. The maximum absolute atomic E-state index is 12.5. The van der Waals surface area contributed by atoms with Crippen molar-refractivity contribution in [2.45, 2.75) is 71.5 Å². The summed E-state index contributed by atoms with van der Waals surface area (Å²) in [6.45, 7) is 7.69. The lowest BCUT2D eigenvalue weighted by molar-refractivity contribution is -0.143. The van der Waals surface area contributed by atoms with Crippen LogP contribution in [0.15, 0.2) is 0 Å². The third-order valence-corrected chi connectivity index (χ3v) is 4.33. The van der Waals surface area contributed by atoms with Crippen LogP contribution < -0.4 is 22.1 Å². The molecule has 0 bridgehead atoms.